The summed E-state index contributed by atoms with van der Waals surface area (Å²) in [7, 11) is 0. The second-order valence-corrected chi connectivity index (χ2v) is 5.58. The number of nitrogens with zero attached hydrogens (tertiary/aromatic N) is 3. The van der Waals surface area contributed by atoms with Crippen LogP contribution >= 0.6 is 11.6 Å². The molecule has 0 radical (unpaired) electrons. The molecule has 1 N–H and O–H groups in total. The summed E-state index contributed by atoms with van der Waals surface area (Å²) in [5.41, 5.74) is 0. The number of likely N-dealkylation sites (N-methyl/N-ethyl adjacent to an activating group) is 1. The Morgan fingerprint density at radius 2 is 2.20 bits per heavy atom. The summed E-state index contributed by atoms with van der Waals surface area (Å²) in [4.78, 5) is 4.36. The number of aromatic nitrogens is 3. The van der Waals surface area contributed by atoms with Crippen LogP contribution in [-0.4, -0.2) is 21.3 Å². The maximum Gasteiger partial charge on any atom is 0.193 e. The maximum atomic E-state index is 5.86. The quantitative estimate of drug-likeness (QED) is 0.853. The summed E-state index contributed by atoms with van der Waals surface area (Å²) >= 11 is 5.86. The average Bonchev–Trinajstić information content (AvgIpc) is 2.98. The fraction of sp³-hybridized carbons (Fsp3) is 0.571. The van der Waals surface area contributed by atoms with Crippen LogP contribution in [0.5, 0.6) is 0 Å². The standard InChI is InChI=1S/C14H21ClN4O/c1-4-16-11(12-5-6-13(15)20-12)7-14-17-9-18-19(14)8-10(2)3/h5-6,9-11,16H,4,7-8H2,1-3H3. The summed E-state index contributed by atoms with van der Waals surface area (Å²) in [6.07, 6.45) is 2.33. The number of hydrogen-bond acceptors (Lipinski definition) is 4. The van der Waals surface area contributed by atoms with Gasteiger partial charge in [0.1, 0.15) is 17.9 Å². The summed E-state index contributed by atoms with van der Waals surface area (Å²) in [5, 5.41) is 8.10. The first-order valence-corrected chi connectivity index (χ1v) is 7.33. The molecule has 0 saturated heterocycles. The SMILES string of the molecule is CCNC(Cc1ncnn1CC(C)C)c1ccc(Cl)o1. The highest BCUT2D eigenvalue weighted by molar-refractivity contribution is 6.28. The minimum atomic E-state index is 0.0580. The van der Waals surface area contributed by atoms with E-state index in [-0.39, 0.29) is 6.04 Å². The molecule has 0 aromatic carbocycles. The summed E-state index contributed by atoms with van der Waals surface area (Å²) < 4.78 is 7.47. The van der Waals surface area contributed by atoms with Crippen molar-refractivity contribution in [1.82, 2.24) is 20.1 Å². The maximum absolute atomic E-state index is 5.86. The van der Waals surface area contributed by atoms with E-state index in [2.05, 4.69) is 36.2 Å². The highest BCUT2D eigenvalue weighted by Crippen LogP contribution is 2.22. The zero-order chi connectivity index (χ0) is 14.5. The van der Waals surface area contributed by atoms with Gasteiger partial charge >= 0.3 is 0 Å². The first kappa shape index (κ1) is 15.1. The van der Waals surface area contributed by atoms with Gasteiger partial charge in [-0.05, 0) is 36.2 Å². The Morgan fingerprint density at radius 1 is 1.40 bits per heavy atom. The second kappa shape index (κ2) is 6.90. The van der Waals surface area contributed by atoms with E-state index >= 15 is 0 Å². The number of nitrogens with one attached hydrogen (secondary N) is 1. The van der Waals surface area contributed by atoms with E-state index in [0.29, 0.717) is 11.1 Å². The zero-order valence-electron chi connectivity index (χ0n) is 12.1. The largest absolute Gasteiger partial charge is 0.448 e. The fourth-order valence-electron chi connectivity index (χ4n) is 2.16. The molecule has 5 nitrogen and oxygen atoms in total. The van der Waals surface area contributed by atoms with E-state index in [4.69, 9.17) is 16.0 Å². The van der Waals surface area contributed by atoms with Crippen molar-refractivity contribution in [3.05, 3.63) is 35.3 Å². The van der Waals surface area contributed by atoms with Crippen molar-refractivity contribution in [3.8, 4) is 0 Å². The first-order valence-electron chi connectivity index (χ1n) is 6.95. The molecule has 0 aliphatic carbocycles. The van der Waals surface area contributed by atoms with Gasteiger partial charge in [0.25, 0.3) is 0 Å². The summed E-state index contributed by atoms with van der Waals surface area (Å²) in [5.74, 6) is 2.32. The molecule has 110 valence electrons. The monoisotopic (exact) mass is 296 g/mol. The van der Waals surface area contributed by atoms with Gasteiger partial charge in [0.05, 0.1) is 6.04 Å². The minimum Gasteiger partial charge on any atom is -0.448 e. The van der Waals surface area contributed by atoms with Gasteiger partial charge in [-0.15, -0.1) is 0 Å². The Balaban J connectivity index is 2.14. The van der Waals surface area contributed by atoms with Crippen molar-refractivity contribution in [1.29, 1.82) is 0 Å². The van der Waals surface area contributed by atoms with Crippen LogP contribution in [-0.2, 0) is 13.0 Å². The molecule has 2 heterocycles. The van der Waals surface area contributed by atoms with Crippen LogP contribution in [0, 0.1) is 5.92 Å². The topological polar surface area (TPSA) is 55.9 Å². The van der Waals surface area contributed by atoms with Crippen LogP contribution in [0.25, 0.3) is 0 Å². The normalized spacial score (nSPS) is 13.1. The third-order valence-corrected chi connectivity index (χ3v) is 3.21. The molecule has 20 heavy (non-hydrogen) atoms. The van der Waals surface area contributed by atoms with E-state index in [0.717, 1.165) is 31.1 Å². The van der Waals surface area contributed by atoms with Crippen molar-refractivity contribution < 1.29 is 4.42 Å². The van der Waals surface area contributed by atoms with E-state index in [9.17, 15) is 0 Å². The lowest BCUT2D eigenvalue weighted by atomic mass is 10.1. The molecule has 1 atom stereocenters. The Hall–Kier alpha value is -1.33. The highest BCUT2D eigenvalue weighted by Gasteiger charge is 2.18. The van der Waals surface area contributed by atoms with Gasteiger partial charge in [-0.1, -0.05) is 20.8 Å². The molecule has 0 aliphatic heterocycles. The van der Waals surface area contributed by atoms with Gasteiger partial charge in [0.15, 0.2) is 5.22 Å². The van der Waals surface area contributed by atoms with Crippen LogP contribution in [0.3, 0.4) is 0 Å². The average molecular weight is 297 g/mol. The first-order chi connectivity index (χ1) is 9.60. The molecule has 2 aromatic rings. The minimum absolute atomic E-state index is 0.0580. The third-order valence-electron chi connectivity index (χ3n) is 3.01. The third kappa shape index (κ3) is 3.84. The highest BCUT2D eigenvalue weighted by atomic mass is 35.5. The molecule has 0 bridgehead atoms. The van der Waals surface area contributed by atoms with E-state index in [1.807, 2.05) is 10.7 Å². The molecule has 0 spiro atoms. The van der Waals surface area contributed by atoms with Gasteiger partial charge in [-0.3, -0.25) is 0 Å². The molecule has 0 amide bonds. The molecule has 6 heteroatoms. The van der Waals surface area contributed by atoms with Crippen molar-refractivity contribution in [2.45, 2.75) is 39.8 Å². The molecular formula is C14H21ClN4O. The number of rotatable bonds is 7. The summed E-state index contributed by atoms with van der Waals surface area (Å²) in [6, 6.07) is 3.72. The Morgan fingerprint density at radius 3 is 2.80 bits per heavy atom. The Bertz CT molecular complexity index is 535. The molecule has 0 fully saturated rings. The van der Waals surface area contributed by atoms with Gasteiger partial charge < -0.3 is 9.73 Å². The van der Waals surface area contributed by atoms with Crippen molar-refractivity contribution in [2.75, 3.05) is 6.54 Å². The van der Waals surface area contributed by atoms with Crippen molar-refractivity contribution in [2.24, 2.45) is 5.92 Å². The van der Waals surface area contributed by atoms with Crippen LogP contribution in [0.4, 0.5) is 0 Å². The van der Waals surface area contributed by atoms with E-state index < -0.39 is 0 Å². The van der Waals surface area contributed by atoms with Crippen LogP contribution in [0.2, 0.25) is 5.22 Å². The summed E-state index contributed by atoms with van der Waals surface area (Å²) in [6.45, 7) is 8.11. The Labute approximate surface area is 124 Å². The Kier molecular flexibility index (Phi) is 5.20. The molecule has 0 saturated carbocycles. The lowest BCUT2D eigenvalue weighted by Crippen LogP contribution is -2.24. The lowest BCUT2D eigenvalue weighted by molar-refractivity contribution is 0.397. The molecule has 2 rings (SSSR count). The van der Waals surface area contributed by atoms with E-state index in [1.54, 1.807) is 12.4 Å². The van der Waals surface area contributed by atoms with Crippen LogP contribution in [0.1, 0.15) is 38.4 Å². The molecular weight excluding hydrogens is 276 g/mol. The predicted octanol–water partition coefficient (Wildman–Crippen LogP) is 3.07. The smallest absolute Gasteiger partial charge is 0.193 e. The molecule has 2 aromatic heterocycles. The number of halogens is 1. The number of hydrogen-bond donors (Lipinski definition) is 1. The van der Waals surface area contributed by atoms with Crippen molar-refractivity contribution in [3.63, 3.8) is 0 Å². The predicted molar refractivity (Wildman–Crippen MR) is 78.7 cm³/mol. The van der Waals surface area contributed by atoms with E-state index in [1.165, 1.54) is 0 Å². The molecule has 1 unspecified atom stereocenters. The van der Waals surface area contributed by atoms with Gasteiger partial charge in [0.2, 0.25) is 0 Å². The van der Waals surface area contributed by atoms with Gasteiger partial charge in [-0.2, -0.15) is 5.10 Å². The second-order valence-electron chi connectivity index (χ2n) is 5.21. The van der Waals surface area contributed by atoms with Crippen LogP contribution < -0.4 is 5.32 Å². The van der Waals surface area contributed by atoms with Crippen molar-refractivity contribution >= 4 is 11.6 Å². The van der Waals surface area contributed by atoms with Gasteiger partial charge in [0, 0.05) is 13.0 Å². The lowest BCUT2D eigenvalue weighted by Gasteiger charge is -2.16. The van der Waals surface area contributed by atoms with Crippen LogP contribution in [0.15, 0.2) is 22.9 Å². The number of furan rings is 1. The molecule has 0 aliphatic rings. The fourth-order valence-corrected chi connectivity index (χ4v) is 2.31. The zero-order valence-corrected chi connectivity index (χ0v) is 12.9. The van der Waals surface area contributed by atoms with Gasteiger partial charge in [-0.25, -0.2) is 9.67 Å².